The first-order valence-electron chi connectivity index (χ1n) is 8.02. The highest BCUT2D eigenvalue weighted by molar-refractivity contribution is 6.04. The molecule has 3 atom stereocenters. The summed E-state index contributed by atoms with van der Waals surface area (Å²) in [6, 6.07) is 8.50. The summed E-state index contributed by atoms with van der Waals surface area (Å²) in [5.74, 6) is -1.29. The molecule has 6 heteroatoms. The van der Waals surface area contributed by atoms with E-state index in [0.29, 0.717) is 6.42 Å². The topological polar surface area (TPSA) is 81.7 Å². The number of amides is 1. The second-order valence-corrected chi connectivity index (χ2v) is 6.02. The molecule has 25 heavy (non-hydrogen) atoms. The number of hydrogen-bond acceptors (Lipinski definition) is 5. The summed E-state index contributed by atoms with van der Waals surface area (Å²) in [7, 11) is 1.27. The van der Waals surface area contributed by atoms with Gasteiger partial charge in [0.2, 0.25) is 5.91 Å². The zero-order chi connectivity index (χ0) is 17.9. The van der Waals surface area contributed by atoms with Crippen molar-refractivity contribution in [3.63, 3.8) is 0 Å². The van der Waals surface area contributed by atoms with Crippen LogP contribution in [0.5, 0.6) is 0 Å². The summed E-state index contributed by atoms with van der Waals surface area (Å²) in [6.07, 6.45) is 7.05. The van der Waals surface area contributed by atoms with Crippen molar-refractivity contribution in [2.75, 3.05) is 13.7 Å². The molecule has 6 nitrogen and oxygen atoms in total. The van der Waals surface area contributed by atoms with Gasteiger partial charge in [0.1, 0.15) is 12.6 Å². The smallest absolute Gasteiger partial charge is 0.328 e. The molecule has 3 rings (SSSR count). The third-order valence-corrected chi connectivity index (χ3v) is 4.43. The standard InChI is InChI=1S/C19H19NO5/c1-24-18(23)15(11-13-5-3-2-4-6-13)20-17(22)12-25-19-10-9-14(19)7-8-16(19)21/h2-10,14-15H,11-12H2,1H3,(H,20,22)/t14?,15-,19?/m0/s1. The number of hydrogen-bond donors (Lipinski definition) is 1. The Morgan fingerprint density at radius 3 is 2.60 bits per heavy atom. The van der Waals surface area contributed by atoms with Gasteiger partial charge >= 0.3 is 5.97 Å². The zero-order valence-electron chi connectivity index (χ0n) is 13.8. The van der Waals surface area contributed by atoms with Crippen LogP contribution in [0, 0.1) is 5.92 Å². The lowest BCUT2D eigenvalue weighted by molar-refractivity contribution is -0.149. The number of carbonyl (C=O) groups is 3. The number of ketones is 1. The van der Waals surface area contributed by atoms with Gasteiger partial charge in [-0.2, -0.15) is 0 Å². The van der Waals surface area contributed by atoms with Gasteiger partial charge in [-0.15, -0.1) is 0 Å². The van der Waals surface area contributed by atoms with Gasteiger partial charge in [0.05, 0.1) is 7.11 Å². The number of benzene rings is 1. The van der Waals surface area contributed by atoms with Crippen LogP contribution >= 0.6 is 0 Å². The monoisotopic (exact) mass is 341 g/mol. The number of carbonyl (C=O) groups excluding carboxylic acids is 3. The zero-order valence-corrected chi connectivity index (χ0v) is 13.8. The summed E-state index contributed by atoms with van der Waals surface area (Å²) >= 11 is 0. The van der Waals surface area contributed by atoms with E-state index in [1.807, 2.05) is 36.4 Å². The summed E-state index contributed by atoms with van der Waals surface area (Å²) in [4.78, 5) is 36.1. The number of methoxy groups -OCH3 is 1. The van der Waals surface area contributed by atoms with Gasteiger partial charge in [-0.05, 0) is 17.7 Å². The molecule has 0 bridgehead atoms. The van der Waals surface area contributed by atoms with Crippen molar-refractivity contribution < 1.29 is 23.9 Å². The van der Waals surface area contributed by atoms with Gasteiger partial charge in [0.25, 0.3) is 0 Å². The van der Waals surface area contributed by atoms with Gasteiger partial charge < -0.3 is 14.8 Å². The van der Waals surface area contributed by atoms with Crippen LogP contribution in [0.15, 0.2) is 54.6 Å². The average Bonchev–Trinajstić information content (AvgIpc) is 2.81. The molecule has 0 fully saturated rings. The molecule has 1 N–H and O–H groups in total. The Kier molecular flexibility index (Phi) is 4.81. The lowest BCUT2D eigenvalue weighted by Crippen LogP contribution is -2.50. The molecule has 0 aromatic heterocycles. The lowest BCUT2D eigenvalue weighted by Gasteiger charge is -2.35. The molecule has 0 saturated carbocycles. The van der Waals surface area contributed by atoms with Crippen molar-refractivity contribution in [2.24, 2.45) is 5.92 Å². The van der Waals surface area contributed by atoms with Crippen molar-refractivity contribution in [1.29, 1.82) is 0 Å². The predicted molar refractivity (Wildman–Crippen MR) is 89.6 cm³/mol. The molecule has 1 aromatic carbocycles. The first-order valence-corrected chi connectivity index (χ1v) is 8.02. The van der Waals surface area contributed by atoms with Crippen LogP contribution in [0.1, 0.15) is 5.56 Å². The molecule has 2 aliphatic rings. The first-order chi connectivity index (χ1) is 12.0. The highest BCUT2D eigenvalue weighted by atomic mass is 16.5. The van der Waals surface area contributed by atoms with Gasteiger partial charge in [-0.25, -0.2) is 4.79 Å². The van der Waals surface area contributed by atoms with Gasteiger partial charge in [0.15, 0.2) is 11.4 Å². The normalized spacial score (nSPS) is 24.4. The van der Waals surface area contributed by atoms with Crippen molar-refractivity contribution in [1.82, 2.24) is 5.32 Å². The number of rotatable bonds is 7. The fourth-order valence-corrected chi connectivity index (χ4v) is 2.98. The Labute approximate surface area is 145 Å². The quantitative estimate of drug-likeness (QED) is 0.590. The van der Waals surface area contributed by atoms with Gasteiger partial charge in [-0.3, -0.25) is 9.59 Å². The van der Waals surface area contributed by atoms with Crippen LogP contribution in [0.2, 0.25) is 0 Å². The maximum Gasteiger partial charge on any atom is 0.328 e. The lowest BCUT2D eigenvalue weighted by atomic mass is 9.79. The second kappa shape index (κ2) is 7.03. The third-order valence-electron chi connectivity index (χ3n) is 4.43. The fourth-order valence-electron chi connectivity index (χ4n) is 2.98. The molecule has 2 aliphatic carbocycles. The van der Waals surface area contributed by atoms with E-state index in [1.165, 1.54) is 13.2 Å². The largest absolute Gasteiger partial charge is 0.467 e. The molecule has 0 radical (unpaired) electrons. The Morgan fingerprint density at radius 2 is 2.00 bits per heavy atom. The Balaban J connectivity index is 1.58. The molecular weight excluding hydrogens is 322 g/mol. The number of esters is 1. The summed E-state index contributed by atoms with van der Waals surface area (Å²) in [5.41, 5.74) is -0.146. The van der Waals surface area contributed by atoms with Crippen molar-refractivity contribution in [2.45, 2.75) is 18.1 Å². The number of fused-ring (bicyclic) bond motifs is 1. The van der Waals surface area contributed by atoms with E-state index < -0.39 is 23.5 Å². The highest BCUT2D eigenvalue weighted by Gasteiger charge is 2.50. The average molecular weight is 341 g/mol. The van der Waals surface area contributed by atoms with E-state index >= 15 is 0 Å². The molecule has 0 aliphatic heterocycles. The minimum atomic E-state index is -1.04. The van der Waals surface area contributed by atoms with E-state index in [1.54, 1.807) is 12.2 Å². The van der Waals surface area contributed by atoms with E-state index in [2.05, 4.69) is 5.32 Å². The third kappa shape index (κ3) is 3.39. The van der Waals surface area contributed by atoms with Crippen molar-refractivity contribution >= 4 is 17.7 Å². The molecular formula is C19H19NO5. The van der Waals surface area contributed by atoms with Gasteiger partial charge in [0, 0.05) is 12.3 Å². The summed E-state index contributed by atoms with van der Waals surface area (Å²) in [5, 5.41) is 2.62. The molecule has 0 saturated heterocycles. The van der Waals surface area contributed by atoms with E-state index in [9.17, 15) is 14.4 Å². The SMILES string of the molecule is COC(=O)[C@H](Cc1ccccc1)NC(=O)COC12C=CC1C=CC2=O. The minimum absolute atomic E-state index is 0.117. The second-order valence-electron chi connectivity index (χ2n) is 6.02. The molecule has 1 amide bonds. The van der Waals surface area contributed by atoms with Gasteiger partial charge in [-0.1, -0.05) is 42.5 Å². The van der Waals surface area contributed by atoms with Crippen LogP contribution in [-0.2, 0) is 30.3 Å². The maximum atomic E-state index is 12.2. The van der Waals surface area contributed by atoms with Crippen molar-refractivity contribution in [3.05, 3.63) is 60.2 Å². The number of ether oxygens (including phenoxy) is 2. The van der Waals surface area contributed by atoms with E-state index in [4.69, 9.17) is 9.47 Å². The Hall–Kier alpha value is -2.73. The number of nitrogens with one attached hydrogen (secondary N) is 1. The van der Waals surface area contributed by atoms with Crippen LogP contribution in [0.3, 0.4) is 0 Å². The van der Waals surface area contributed by atoms with E-state index in [0.717, 1.165) is 5.56 Å². The first kappa shape index (κ1) is 17.1. The molecule has 130 valence electrons. The van der Waals surface area contributed by atoms with Crippen LogP contribution in [-0.4, -0.2) is 43.0 Å². The van der Waals surface area contributed by atoms with Crippen LogP contribution < -0.4 is 5.32 Å². The summed E-state index contributed by atoms with van der Waals surface area (Å²) < 4.78 is 10.3. The fraction of sp³-hybridized carbons (Fsp3) is 0.316. The maximum absolute atomic E-state index is 12.2. The van der Waals surface area contributed by atoms with Crippen LogP contribution in [0.25, 0.3) is 0 Å². The van der Waals surface area contributed by atoms with Crippen LogP contribution in [0.4, 0.5) is 0 Å². The molecule has 1 aromatic rings. The highest BCUT2D eigenvalue weighted by Crippen LogP contribution is 2.40. The van der Waals surface area contributed by atoms with E-state index in [-0.39, 0.29) is 18.3 Å². The molecule has 2 unspecified atom stereocenters. The molecule has 0 spiro atoms. The minimum Gasteiger partial charge on any atom is -0.467 e. The Bertz CT molecular complexity index is 739. The molecule has 0 heterocycles. The van der Waals surface area contributed by atoms with Crippen molar-refractivity contribution in [3.8, 4) is 0 Å². The summed E-state index contributed by atoms with van der Waals surface area (Å²) in [6.45, 7) is -0.309. The predicted octanol–water partition coefficient (Wildman–Crippen LogP) is 0.967. The Morgan fingerprint density at radius 1 is 1.24 bits per heavy atom.